The van der Waals surface area contributed by atoms with Crippen molar-refractivity contribution in [2.24, 2.45) is 0 Å². The Morgan fingerprint density at radius 2 is 2.42 bits per heavy atom. The molecule has 3 heteroatoms. The molecule has 1 aromatic rings. The number of aromatic nitrogens is 1. The highest BCUT2D eigenvalue weighted by Gasteiger charge is 1.98. The largest absolute Gasteiger partial charge is 0.302 e. The van der Waals surface area contributed by atoms with Gasteiger partial charge in [-0.1, -0.05) is 6.07 Å². The number of pyridine rings is 1. The zero-order valence-corrected chi connectivity index (χ0v) is 7.10. The van der Waals surface area contributed by atoms with Crippen molar-refractivity contribution in [1.82, 2.24) is 9.88 Å². The van der Waals surface area contributed by atoms with E-state index in [0.29, 0.717) is 6.54 Å². The average Bonchev–Trinajstić information content (AvgIpc) is 2.06. The van der Waals surface area contributed by atoms with Crippen LogP contribution >= 0.6 is 0 Å². The van der Waals surface area contributed by atoms with E-state index in [1.54, 1.807) is 6.20 Å². The van der Waals surface area contributed by atoms with Crippen molar-refractivity contribution < 1.29 is 4.79 Å². The minimum atomic E-state index is 0.455. The first-order chi connectivity index (χ1) is 5.83. The fraction of sp³-hybridized carbons (Fsp3) is 0.333. The highest BCUT2D eigenvalue weighted by molar-refractivity contribution is 5.51. The molecule has 3 nitrogen and oxygen atoms in total. The maximum absolute atomic E-state index is 10.1. The molecule has 0 fully saturated rings. The van der Waals surface area contributed by atoms with Gasteiger partial charge in [0.2, 0.25) is 0 Å². The Balaban J connectivity index is 2.46. The molecule has 0 radical (unpaired) electrons. The normalized spacial score (nSPS) is 10.2. The van der Waals surface area contributed by atoms with E-state index in [4.69, 9.17) is 0 Å². The van der Waals surface area contributed by atoms with Gasteiger partial charge in [-0.3, -0.25) is 9.88 Å². The van der Waals surface area contributed by atoms with Gasteiger partial charge in [0.25, 0.3) is 0 Å². The molecule has 0 saturated carbocycles. The highest BCUT2D eigenvalue weighted by Crippen LogP contribution is 1.96. The van der Waals surface area contributed by atoms with Crippen LogP contribution in [-0.2, 0) is 11.3 Å². The Hall–Kier alpha value is -1.22. The molecule has 0 aliphatic carbocycles. The third-order valence-electron chi connectivity index (χ3n) is 1.54. The summed E-state index contributed by atoms with van der Waals surface area (Å²) < 4.78 is 0. The van der Waals surface area contributed by atoms with Crippen LogP contribution < -0.4 is 0 Å². The first-order valence-corrected chi connectivity index (χ1v) is 3.85. The summed E-state index contributed by atoms with van der Waals surface area (Å²) in [5.41, 5.74) is 0.988. The van der Waals surface area contributed by atoms with E-state index in [9.17, 15) is 4.79 Å². The summed E-state index contributed by atoms with van der Waals surface area (Å²) in [6.45, 7) is 1.18. The fourth-order valence-electron chi connectivity index (χ4n) is 0.960. The molecule has 0 spiro atoms. The van der Waals surface area contributed by atoms with Crippen LogP contribution in [0.5, 0.6) is 0 Å². The summed E-state index contributed by atoms with van der Waals surface area (Å²) in [6, 6.07) is 5.77. The minimum absolute atomic E-state index is 0.455. The van der Waals surface area contributed by atoms with Gasteiger partial charge in [-0.2, -0.15) is 0 Å². The zero-order chi connectivity index (χ0) is 8.81. The number of likely N-dealkylation sites (N-methyl/N-ethyl adjacent to an activating group) is 1. The predicted molar refractivity (Wildman–Crippen MR) is 46.6 cm³/mol. The van der Waals surface area contributed by atoms with Crippen LogP contribution in [-0.4, -0.2) is 29.8 Å². The number of hydrogen-bond donors (Lipinski definition) is 0. The number of nitrogens with zero attached hydrogens (tertiary/aromatic N) is 2. The maximum Gasteiger partial charge on any atom is 0.133 e. The second-order valence-electron chi connectivity index (χ2n) is 2.68. The predicted octanol–water partition coefficient (Wildman–Crippen LogP) is 0.712. The van der Waals surface area contributed by atoms with Crippen LogP contribution in [0.15, 0.2) is 24.4 Å². The molecule has 0 N–H and O–H groups in total. The summed E-state index contributed by atoms with van der Waals surface area (Å²) in [4.78, 5) is 16.2. The third-order valence-corrected chi connectivity index (χ3v) is 1.54. The lowest BCUT2D eigenvalue weighted by atomic mass is 10.3. The maximum atomic E-state index is 10.1. The Labute approximate surface area is 72.0 Å². The van der Waals surface area contributed by atoms with Crippen molar-refractivity contribution >= 4 is 6.29 Å². The first kappa shape index (κ1) is 8.87. The van der Waals surface area contributed by atoms with E-state index in [-0.39, 0.29) is 0 Å². The lowest BCUT2D eigenvalue weighted by Gasteiger charge is -2.11. The number of carbonyl (C=O) groups is 1. The summed E-state index contributed by atoms with van der Waals surface area (Å²) in [5, 5.41) is 0. The topological polar surface area (TPSA) is 33.2 Å². The monoisotopic (exact) mass is 164 g/mol. The number of aldehydes is 1. The van der Waals surface area contributed by atoms with Gasteiger partial charge in [0.15, 0.2) is 0 Å². The molecule has 0 saturated heterocycles. The molecule has 0 amide bonds. The molecule has 1 aromatic heterocycles. The van der Waals surface area contributed by atoms with Gasteiger partial charge in [0, 0.05) is 12.7 Å². The van der Waals surface area contributed by atoms with Gasteiger partial charge in [-0.25, -0.2) is 0 Å². The van der Waals surface area contributed by atoms with Gasteiger partial charge in [0.1, 0.15) is 6.29 Å². The summed E-state index contributed by atoms with van der Waals surface area (Å²) in [5.74, 6) is 0. The van der Waals surface area contributed by atoms with Gasteiger partial charge >= 0.3 is 0 Å². The highest BCUT2D eigenvalue weighted by atomic mass is 16.1. The minimum Gasteiger partial charge on any atom is -0.302 e. The van der Waals surface area contributed by atoms with Gasteiger partial charge in [-0.15, -0.1) is 0 Å². The third kappa shape index (κ3) is 2.80. The van der Waals surface area contributed by atoms with Crippen molar-refractivity contribution in [3.05, 3.63) is 30.1 Å². The van der Waals surface area contributed by atoms with Crippen LogP contribution in [0.1, 0.15) is 5.69 Å². The molecule has 64 valence electrons. The van der Waals surface area contributed by atoms with Crippen LogP contribution in [0.4, 0.5) is 0 Å². The molecule has 0 aliphatic rings. The van der Waals surface area contributed by atoms with E-state index < -0.39 is 0 Å². The summed E-state index contributed by atoms with van der Waals surface area (Å²) in [6.07, 6.45) is 2.65. The summed E-state index contributed by atoms with van der Waals surface area (Å²) in [7, 11) is 1.89. The van der Waals surface area contributed by atoms with Crippen molar-refractivity contribution in [1.29, 1.82) is 0 Å². The van der Waals surface area contributed by atoms with E-state index in [0.717, 1.165) is 18.5 Å². The average molecular weight is 164 g/mol. The molecule has 0 aromatic carbocycles. The van der Waals surface area contributed by atoms with Crippen LogP contribution in [0.2, 0.25) is 0 Å². The summed E-state index contributed by atoms with van der Waals surface area (Å²) >= 11 is 0. The molecule has 0 unspecified atom stereocenters. The molecule has 12 heavy (non-hydrogen) atoms. The lowest BCUT2D eigenvalue weighted by Crippen LogP contribution is -2.20. The van der Waals surface area contributed by atoms with Gasteiger partial charge < -0.3 is 4.79 Å². The zero-order valence-electron chi connectivity index (χ0n) is 7.10. The second kappa shape index (κ2) is 4.62. The first-order valence-electron chi connectivity index (χ1n) is 3.85. The SMILES string of the molecule is CN(CC=O)Cc1ccccn1. The standard InChI is InChI=1S/C9H12N2O/c1-11(6-7-12)8-9-4-2-3-5-10-9/h2-5,7H,6,8H2,1H3. The lowest BCUT2D eigenvalue weighted by molar-refractivity contribution is -0.108. The van der Waals surface area contributed by atoms with E-state index in [1.165, 1.54) is 0 Å². The molecule has 0 bridgehead atoms. The van der Waals surface area contributed by atoms with E-state index in [2.05, 4.69) is 4.98 Å². The molecular formula is C9H12N2O. The molecule has 1 heterocycles. The number of carbonyl (C=O) groups excluding carboxylic acids is 1. The van der Waals surface area contributed by atoms with E-state index in [1.807, 2.05) is 30.1 Å². The molecule has 0 aliphatic heterocycles. The Morgan fingerprint density at radius 1 is 1.58 bits per heavy atom. The Bertz CT molecular complexity index is 236. The van der Waals surface area contributed by atoms with Crippen molar-refractivity contribution in [3.63, 3.8) is 0 Å². The van der Waals surface area contributed by atoms with Gasteiger partial charge in [-0.05, 0) is 19.2 Å². The van der Waals surface area contributed by atoms with Crippen molar-refractivity contribution in [2.75, 3.05) is 13.6 Å². The van der Waals surface area contributed by atoms with E-state index >= 15 is 0 Å². The number of rotatable bonds is 4. The van der Waals surface area contributed by atoms with Crippen LogP contribution in [0.25, 0.3) is 0 Å². The fourth-order valence-corrected chi connectivity index (χ4v) is 0.960. The van der Waals surface area contributed by atoms with Crippen LogP contribution in [0.3, 0.4) is 0 Å². The quantitative estimate of drug-likeness (QED) is 0.614. The molecule has 0 atom stereocenters. The number of hydrogen-bond acceptors (Lipinski definition) is 3. The molecular weight excluding hydrogens is 152 g/mol. The van der Waals surface area contributed by atoms with Crippen molar-refractivity contribution in [3.8, 4) is 0 Å². The van der Waals surface area contributed by atoms with Crippen molar-refractivity contribution in [2.45, 2.75) is 6.54 Å². The smallest absolute Gasteiger partial charge is 0.133 e. The van der Waals surface area contributed by atoms with Gasteiger partial charge in [0.05, 0.1) is 12.2 Å². The second-order valence-corrected chi connectivity index (χ2v) is 2.68. The van der Waals surface area contributed by atoms with Crippen LogP contribution in [0, 0.1) is 0 Å². The Kier molecular flexibility index (Phi) is 3.41. The molecule has 1 rings (SSSR count). The Morgan fingerprint density at radius 3 is 3.00 bits per heavy atom.